The molecule has 1 saturated carbocycles. The summed E-state index contributed by atoms with van der Waals surface area (Å²) in [5.74, 6) is 2.45. The third-order valence-electron chi connectivity index (χ3n) is 1.54. The van der Waals surface area contributed by atoms with E-state index in [0.29, 0.717) is 24.0 Å². The molecule has 10 heavy (non-hydrogen) atoms. The molecule has 0 saturated heterocycles. The molecule has 0 atom stereocenters. The number of nitrogens with two attached hydrogens (primary N) is 1. The Balaban J connectivity index is 1.95. The fourth-order valence-electron chi connectivity index (χ4n) is 0.779. The van der Waals surface area contributed by atoms with E-state index in [0.717, 1.165) is 18.6 Å². The van der Waals surface area contributed by atoms with Gasteiger partial charge >= 0.3 is 0 Å². The summed E-state index contributed by atoms with van der Waals surface area (Å²) in [6, 6.07) is 0. The molecule has 2 N–H and O–H groups in total. The SMILES string of the molecule is NCCSCC(=O)C1CC1. The Bertz CT molecular complexity index is 123. The van der Waals surface area contributed by atoms with Crippen LogP contribution in [0.5, 0.6) is 0 Å². The molecule has 0 bridgehead atoms. The predicted molar refractivity (Wildman–Crippen MR) is 44.1 cm³/mol. The van der Waals surface area contributed by atoms with Crippen molar-refractivity contribution in [2.24, 2.45) is 11.7 Å². The van der Waals surface area contributed by atoms with Crippen LogP contribution in [0.2, 0.25) is 0 Å². The van der Waals surface area contributed by atoms with E-state index in [-0.39, 0.29) is 0 Å². The zero-order valence-corrected chi connectivity index (χ0v) is 6.82. The van der Waals surface area contributed by atoms with Crippen molar-refractivity contribution in [3.63, 3.8) is 0 Å². The van der Waals surface area contributed by atoms with Gasteiger partial charge in [0.1, 0.15) is 5.78 Å². The molecule has 0 spiro atoms. The molecule has 0 aromatic carbocycles. The molecule has 2 nitrogen and oxygen atoms in total. The first kappa shape index (κ1) is 8.08. The van der Waals surface area contributed by atoms with Crippen molar-refractivity contribution in [2.45, 2.75) is 12.8 Å². The standard InChI is InChI=1S/C7H13NOS/c8-3-4-10-5-7(9)6-1-2-6/h6H,1-5,8H2. The second kappa shape index (κ2) is 3.98. The monoisotopic (exact) mass is 159 g/mol. The fraction of sp³-hybridized carbons (Fsp3) is 0.857. The molecule has 1 rings (SSSR count). The van der Waals surface area contributed by atoms with Gasteiger partial charge in [-0.3, -0.25) is 4.79 Å². The average Bonchev–Trinajstić information content (AvgIpc) is 2.69. The van der Waals surface area contributed by atoms with Crippen LogP contribution in [0.3, 0.4) is 0 Å². The number of hydrogen-bond donors (Lipinski definition) is 1. The van der Waals surface area contributed by atoms with Gasteiger partial charge in [0.25, 0.3) is 0 Å². The minimum absolute atomic E-state index is 0.422. The van der Waals surface area contributed by atoms with Gasteiger partial charge in [0.05, 0.1) is 5.75 Å². The van der Waals surface area contributed by atoms with Gasteiger partial charge in [-0.05, 0) is 12.8 Å². The van der Waals surface area contributed by atoms with Crippen molar-refractivity contribution in [1.82, 2.24) is 0 Å². The first-order valence-corrected chi connectivity index (χ1v) is 4.80. The smallest absolute Gasteiger partial charge is 0.145 e. The second-order valence-electron chi connectivity index (χ2n) is 2.58. The first-order valence-electron chi connectivity index (χ1n) is 3.65. The molecule has 1 aliphatic carbocycles. The Kier molecular flexibility index (Phi) is 3.22. The van der Waals surface area contributed by atoms with Gasteiger partial charge in [0.15, 0.2) is 0 Å². The molecule has 0 heterocycles. The van der Waals surface area contributed by atoms with E-state index < -0.39 is 0 Å². The van der Waals surface area contributed by atoms with Gasteiger partial charge in [-0.15, -0.1) is 0 Å². The van der Waals surface area contributed by atoms with Crippen LogP contribution >= 0.6 is 11.8 Å². The number of thioether (sulfide) groups is 1. The van der Waals surface area contributed by atoms with E-state index in [1.807, 2.05) is 0 Å². The van der Waals surface area contributed by atoms with E-state index in [1.54, 1.807) is 11.8 Å². The highest BCUT2D eigenvalue weighted by Crippen LogP contribution is 2.30. The van der Waals surface area contributed by atoms with Crippen molar-refractivity contribution in [3.05, 3.63) is 0 Å². The lowest BCUT2D eigenvalue weighted by Crippen LogP contribution is -2.07. The number of Topliss-reactive ketones (excluding diaryl/α,β-unsaturated/α-hetero) is 1. The number of carbonyl (C=O) groups excluding carboxylic acids is 1. The maximum absolute atomic E-state index is 11.0. The summed E-state index contributed by atoms with van der Waals surface area (Å²) in [6.07, 6.45) is 2.25. The minimum atomic E-state index is 0.422. The van der Waals surface area contributed by atoms with E-state index in [2.05, 4.69) is 0 Å². The minimum Gasteiger partial charge on any atom is -0.330 e. The van der Waals surface area contributed by atoms with Gasteiger partial charge in [-0.1, -0.05) is 0 Å². The Morgan fingerprint density at radius 2 is 2.30 bits per heavy atom. The normalized spacial score (nSPS) is 17.3. The number of ketones is 1. The number of rotatable bonds is 5. The molecule has 0 aromatic rings. The molecule has 0 aliphatic heterocycles. The van der Waals surface area contributed by atoms with Gasteiger partial charge in [-0.2, -0.15) is 11.8 Å². The molecule has 0 radical (unpaired) electrons. The predicted octanol–water partition coefficient (Wildman–Crippen LogP) is 0.657. The van der Waals surface area contributed by atoms with Gasteiger partial charge < -0.3 is 5.73 Å². The topological polar surface area (TPSA) is 43.1 Å². The highest BCUT2D eigenvalue weighted by Gasteiger charge is 2.28. The maximum Gasteiger partial charge on any atom is 0.145 e. The summed E-state index contributed by atoms with van der Waals surface area (Å²) in [5, 5.41) is 0. The van der Waals surface area contributed by atoms with Crippen LogP contribution in [0.15, 0.2) is 0 Å². The molecule has 0 amide bonds. The lowest BCUT2D eigenvalue weighted by molar-refractivity contribution is -0.117. The zero-order chi connectivity index (χ0) is 7.40. The molecule has 0 aromatic heterocycles. The molecule has 1 fully saturated rings. The highest BCUT2D eigenvalue weighted by molar-refractivity contribution is 7.99. The molecular formula is C7H13NOS. The van der Waals surface area contributed by atoms with Crippen LogP contribution in [0.25, 0.3) is 0 Å². The summed E-state index contributed by atoms with van der Waals surface area (Å²) in [4.78, 5) is 11.0. The Hall–Kier alpha value is -0.0200. The molecule has 3 heteroatoms. The lowest BCUT2D eigenvalue weighted by atomic mass is 10.3. The average molecular weight is 159 g/mol. The van der Waals surface area contributed by atoms with Crippen molar-refractivity contribution < 1.29 is 4.79 Å². The van der Waals surface area contributed by atoms with Crippen molar-refractivity contribution in [2.75, 3.05) is 18.1 Å². The van der Waals surface area contributed by atoms with E-state index in [1.165, 1.54) is 0 Å². The Morgan fingerprint density at radius 3 is 2.80 bits per heavy atom. The first-order chi connectivity index (χ1) is 4.84. The summed E-state index contributed by atoms with van der Waals surface area (Å²) >= 11 is 1.66. The van der Waals surface area contributed by atoms with E-state index >= 15 is 0 Å². The van der Waals surface area contributed by atoms with Crippen LogP contribution in [0, 0.1) is 5.92 Å². The van der Waals surface area contributed by atoms with Crippen LogP contribution in [-0.2, 0) is 4.79 Å². The summed E-state index contributed by atoms with van der Waals surface area (Å²) in [6.45, 7) is 0.683. The van der Waals surface area contributed by atoms with Crippen LogP contribution < -0.4 is 5.73 Å². The van der Waals surface area contributed by atoms with E-state index in [9.17, 15) is 4.79 Å². The summed E-state index contributed by atoms with van der Waals surface area (Å²) in [5.41, 5.74) is 5.27. The zero-order valence-electron chi connectivity index (χ0n) is 6.01. The van der Waals surface area contributed by atoms with Crippen LogP contribution in [-0.4, -0.2) is 23.8 Å². The second-order valence-corrected chi connectivity index (χ2v) is 3.69. The fourth-order valence-corrected chi connectivity index (χ4v) is 1.53. The van der Waals surface area contributed by atoms with Crippen LogP contribution in [0.1, 0.15) is 12.8 Å². The van der Waals surface area contributed by atoms with Crippen molar-refractivity contribution in [1.29, 1.82) is 0 Å². The molecule has 0 unspecified atom stereocenters. The summed E-state index contributed by atoms with van der Waals surface area (Å²) in [7, 11) is 0. The van der Waals surface area contributed by atoms with Crippen LogP contribution in [0.4, 0.5) is 0 Å². The highest BCUT2D eigenvalue weighted by atomic mass is 32.2. The Morgan fingerprint density at radius 1 is 1.60 bits per heavy atom. The van der Waals surface area contributed by atoms with Gasteiger partial charge in [0.2, 0.25) is 0 Å². The number of hydrogen-bond acceptors (Lipinski definition) is 3. The quantitative estimate of drug-likeness (QED) is 0.599. The van der Waals surface area contributed by atoms with Crippen molar-refractivity contribution >= 4 is 17.5 Å². The Labute approximate surface area is 65.5 Å². The largest absolute Gasteiger partial charge is 0.330 e. The van der Waals surface area contributed by atoms with E-state index in [4.69, 9.17) is 5.73 Å². The van der Waals surface area contributed by atoms with Crippen molar-refractivity contribution in [3.8, 4) is 0 Å². The third-order valence-corrected chi connectivity index (χ3v) is 2.55. The molecule has 1 aliphatic rings. The third kappa shape index (κ3) is 2.71. The molecule has 58 valence electrons. The maximum atomic E-state index is 11.0. The van der Waals surface area contributed by atoms with Gasteiger partial charge in [-0.25, -0.2) is 0 Å². The summed E-state index contributed by atoms with van der Waals surface area (Å²) < 4.78 is 0. The number of carbonyl (C=O) groups is 1. The lowest BCUT2D eigenvalue weighted by Gasteiger charge is -1.95. The molecular weight excluding hydrogens is 146 g/mol. The van der Waals surface area contributed by atoms with Gasteiger partial charge in [0, 0.05) is 18.2 Å².